The Morgan fingerprint density at radius 2 is 2.11 bits per heavy atom. The van der Waals surface area contributed by atoms with Crippen molar-refractivity contribution in [1.29, 1.82) is 0 Å². The van der Waals surface area contributed by atoms with Gasteiger partial charge in [-0.05, 0) is 18.9 Å². The molecule has 51 valence electrons. The molecule has 0 atom stereocenters. The number of unbranched alkanes of at least 4 members (excludes halogenated alkanes) is 1. The molecule has 0 N–H and O–H groups in total. The minimum Gasteiger partial charge on any atom is -0.0845 e. The number of hydrogen-bond acceptors (Lipinski definition) is 0. The molecule has 0 spiro atoms. The monoisotopic (exact) mass is 123 g/mol. The van der Waals surface area contributed by atoms with Gasteiger partial charge in [-0.2, -0.15) is 0 Å². The summed E-state index contributed by atoms with van der Waals surface area (Å²) in [4.78, 5) is 0. The van der Waals surface area contributed by atoms with E-state index in [1.54, 1.807) is 0 Å². The predicted molar refractivity (Wildman–Crippen MR) is 42.2 cm³/mol. The SMILES string of the molecule is CC/[C]=C\C=C\CCC. The fourth-order valence-electron chi connectivity index (χ4n) is 0.517. The maximum atomic E-state index is 3.10. The first kappa shape index (κ1) is 8.48. The molecule has 0 saturated carbocycles. The molecule has 0 aliphatic carbocycles. The van der Waals surface area contributed by atoms with Crippen molar-refractivity contribution in [2.24, 2.45) is 0 Å². The van der Waals surface area contributed by atoms with Crippen molar-refractivity contribution in [2.75, 3.05) is 0 Å². The standard InChI is InChI=1S/C9H15/c1-3-5-7-9-8-6-4-2/h7-9H,3-5H2,1-2H3/b8-6?,9-7+. The van der Waals surface area contributed by atoms with Crippen molar-refractivity contribution >= 4 is 0 Å². The average molecular weight is 123 g/mol. The third-order valence-corrected chi connectivity index (χ3v) is 1.01. The topological polar surface area (TPSA) is 0 Å². The Balaban J connectivity index is 3.13. The van der Waals surface area contributed by atoms with Crippen molar-refractivity contribution in [2.45, 2.75) is 33.1 Å². The predicted octanol–water partition coefficient (Wildman–Crippen LogP) is 3.11. The summed E-state index contributed by atoms with van der Waals surface area (Å²) < 4.78 is 0. The smallest absolute Gasteiger partial charge is 0.0305 e. The summed E-state index contributed by atoms with van der Waals surface area (Å²) in [7, 11) is 0. The highest BCUT2D eigenvalue weighted by Gasteiger charge is 1.68. The lowest BCUT2D eigenvalue weighted by Crippen LogP contribution is -1.59. The summed E-state index contributed by atoms with van der Waals surface area (Å²) in [5.74, 6) is 0. The van der Waals surface area contributed by atoms with Crippen molar-refractivity contribution in [1.82, 2.24) is 0 Å². The van der Waals surface area contributed by atoms with E-state index in [0.717, 1.165) is 6.42 Å². The molecule has 0 fully saturated rings. The molecule has 0 aromatic heterocycles. The van der Waals surface area contributed by atoms with E-state index in [4.69, 9.17) is 0 Å². The van der Waals surface area contributed by atoms with Gasteiger partial charge in [-0.25, -0.2) is 0 Å². The second-order valence-corrected chi connectivity index (χ2v) is 1.94. The molecule has 0 bridgehead atoms. The number of rotatable bonds is 4. The van der Waals surface area contributed by atoms with E-state index in [2.05, 4.69) is 32.1 Å². The highest BCUT2D eigenvalue weighted by atomic mass is 13.7. The summed E-state index contributed by atoms with van der Waals surface area (Å²) in [5.41, 5.74) is 0. The van der Waals surface area contributed by atoms with E-state index < -0.39 is 0 Å². The lowest BCUT2D eigenvalue weighted by Gasteiger charge is -1.79. The van der Waals surface area contributed by atoms with Crippen molar-refractivity contribution in [3.63, 3.8) is 0 Å². The first-order valence-electron chi connectivity index (χ1n) is 3.63. The zero-order valence-electron chi connectivity index (χ0n) is 6.35. The Hall–Kier alpha value is -0.520. The third kappa shape index (κ3) is 7.48. The highest BCUT2D eigenvalue weighted by Crippen LogP contribution is 1.88. The normalized spacial score (nSPS) is 11.8. The van der Waals surface area contributed by atoms with Crippen LogP contribution in [0.4, 0.5) is 0 Å². The zero-order valence-corrected chi connectivity index (χ0v) is 6.35. The maximum absolute atomic E-state index is 3.10. The van der Waals surface area contributed by atoms with Gasteiger partial charge >= 0.3 is 0 Å². The Morgan fingerprint density at radius 1 is 1.33 bits per heavy atom. The molecule has 0 heteroatoms. The van der Waals surface area contributed by atoms with E-state index in [9.17, 15) is 0 Å². The van der Waals surface area contributed by atoms with Crippen LogP contribution in [0.2, 0.25) is 0 Å². The van der Waals surface area contributed by atoms with Crippen LogP contribution in [-0.2, 0) is 0 Å². The fraction of sp³-hybridized carbons (Fsp3) is 0.556. The third-order valence-electron chi connectivity index (χ3n) is 1.01. The van der Waals surface area contributed by atoms with Crippen LogP contribution >= 0.6 is 0 Å². The van der Waals surface area contributed by atoms with Gasteiger partial charge < -0.3 is 0 Å². The second kappa shape index (κ2) is 7.48. The molecular formula is C9H15. The molecule has 1 radical (unpaired) electrons. The van der Waals surface area contributed by atoms with Crippen LogP contribution in [0, 0.1) is 6.08 Å². The fourth-order valence-corrected chi connectivity index (χ4v) is 0.517. The average Bonchev–Trinajstić information content (AvgIpc) is 1.89. The molecule has 9 heavy (non-hydrogen) atoms. The summed E-state index contributed by atoms with van der Waals surface area (Å²) in [5, 5.41) is 0. The second-order valence-electron chi connectivity index (χ2n) is 1.94. The molecule has 0 unspecified atom stereocenters. The Bertz CT molecular complexity index is 88.2. The number of hydrogen-bond donors (Lipinski definition) is 0. The molecule has 0 heterocycles. The molecule has 0 nitrogen and oxygen atoms in total. The van der Waals surface area contributed by atoms with Gasteiger partial charge in [0, 0.05) is 0 Å². The van der Waals surface area contributed by atoms with Gasteiger partial charge in [-0.1, -0.05) is 38.5 Å². The van der Waals surface area contributed by atoms with Crippen LogP contribution in [0.5, 0.6) is 0 Å². The van der Waals surface area contributed by atoms with E-state index >= 15 is 0 Å². The lowest BCUT2D eigenvalue weighted by atomic mass is 10.3. The molecule has 0 saturated heterocycles. The zero-order chi connectivity index (χ0) is 6.95. The van der Waals surface area contributed by atoms with Crippen LogP contribution in [-0.4, -0.2) is 0 Å². The van der Waals surface area contributed by atoms with E-state index in [0.29, 0.717) is 0 Å². The quantitative estimate of drug-likeness (QED) is 0.504. The Kier molecular flexibility index (Phi) is 7.05. The van der Waals surface area contributed by atoms with E-state index in [1.807, 2.05) is 6.08 Å². The summed E-state index contributed by atoms with van der Waals surface area (Å²) in [6.45, 7) is 4.27. The van der Waals surface area contributed by atoms with Gasteiger partial charge in [0.25, 0.3) is 0 Å². The molecule has 0 amide bonds. The lowest BCUT2D eigenvalue weighted by molar-refractivity contribution is 0.958. The summed E-state index contributed by atoms with van der Waals surface area (Å²) in [6.07, 6.45) is 12.7. The maximum Gasteiger partial charge on any atom is -0.0305 e. The Morgan fingerprint density at radius 3 is 2.67 bits per heavy atom. The van der Waals surface area contributed by atoms with Crippen molar-refractivity contribution < 1.29 is 0 Å². The van der Waals surface area contributed by atoms with Crippen LogP contribution in [0.3, 0.4) is 0 Å². The van der Waals surface area contributed by atoms with Gasteiger partial charge in [0.1, 0.15) is 0 Å². The van der Waals surface area contributed by atoms with E-state index in [-0.39, 0.29) is 0 Å². The first-order chi connectivity index (χ1) is 4.41. The van der Waals surface area contributed by atoms with Crippen LogP contribution in [0.25, 0.3) is 0 Å². The van der Waals surface area contributed by atoms with Crippen LogP contribution < -0.4 is 0 Å². The van der Waals surface area contributed by atoms with Gasteiger partial charge in [-0.3, -0.25) is 0 Å². The summed E-state index contributed by atoms with van der Waals surface area (Å²) >= 11 is 0. The van der Waals surface area contributed by atoms with Gasteiger partial charge in [0.2, 0.25) is 0 Å². The van der Waals surface area contributed by atoms with Gasteiger partial charge in [0.05, 0.1) is 0 Å². The van der Waals surface area contributed by atoms with E-state index in [1.165, 1.54) is 12.8 Å². The molecule has 0 aromatic rings. The minimum absolute atomic E-state index is 1.01. The number of allylic oxidation sites excluding steroid dienone is 4. The van der Waals surface area contributed by atoms with Crippen molar-refractivity contribution in [3.05, 3.63) is 24.3 Å². The van der Waals surface area contributed by atoms with Crippen LogP contribution in [0.15, 0.2) is 18.2 Å². The molecule has 0 aliphatic rings. The molecule has 0 aromatic carbocycles. The molecule has 0 aliphatic heterocycles. The van der Waals surface area contributed by atoms with Crippen LogP contribution in [0.1, 0.15) is 33.1 Å². The Labute approximate surface area is 58.3 Å². The largest absolute Gasteiger partial charge is 0.0845 e. The highest BCUT2D eigenvalue weighted by molar-refractivity contribution is 4.98. The molecule has 0 rings (SSSR count). The molecular weight excluding hydrogens is 108 g/mol. The van der Waals surface area contributed by atoms with Gasteiger partial charge in [0.15, 0.2) is 0 Å². The summed E-state index contributed by atoms with van der Waals surface area (Å²) in [6, 6.07) is 0. The van der Waals surface area contributed by atoms with Crippen molar-refractivity contribution in [3.8, 4) is 0 Å². The first-order valence-corrected chi connectivity index (χ1v) is 3.63. The van der Waals surface area contributed by atoms with Gasteiger partial charge in [-0.15, -0.1) is 0 Å². The minimum atomic E-state index is 1.01.